The van der Waals surface area contributed by atoms with Gasteiger partial charge < -0.3 is 9.15 Å². The highest BCUT2D eigenvalue weighted by Crippen LogP contribution is 2.22. The normalized spacial score (nSPS) is 12.3. The molecule has 0 bridgehead atoms. The summed E-state index contributed by atoms with van der Waals surface area (Å²) in [5.41, 5.74) is 1.22. The Morgan fingerprint density at radius 3 is 2.31 bits per heavy atom. The molecule has 26 heavy (non-hydrogen) atoms. The summed E-state index contributed by atoms with van der Waals surface area (Å²) in [6.07, 6.45) is 1.97. The second-order valence-electron chi connectivity index (χ2n) is 5.42. The van der Waals surface area contributed by atoms with Gasteiger partial charge in [0.05, 0.1) is 0 Å². The Morgan fingerprint density at radius 2 is 1.65 bits per heavy atom. The van der Waals surface area contributed by atoms with Gasteiger partial charge in [-0.25, -0.2) is 13.6 Å². The van der Waals surface area contributed by atoms with Crippen molar-refractivity contribution in [3.63, 3.8) is 0 Å². The van der Waals surface area contributed by atoms with E-state index in [0.29, 0.717) is 11.1 Å². The molecule has 1 aromatic heterocycles. The lowest BCUT2D eigenvalue weighted by atomic mass is 10.2. The maximum Gasteiger partial charge on any atom is 0.331 e. The number of rotatable bonds is 5. The molecule has 0 saturated heterocycles. The average Bonchev–Trinajstić information content (AvgIpc) is 3.12. The summed E-state index contributed by atoms with van der Waals surface area (Å²) >= 11 is 0. The van der Waals surface area contributed by atoms with Crippen molar-refractivity contribution in [3.05, 3.63) is 77.7 Å². The van der Waals surface area contributed by atoms with Gasteiger partial charge in [-0.1, -0.05) is 12.1 Å². The van der Waals surface area contributed by atoms with E-state index in [1.807, 2.05) is 0 Å². The molecule has 0 saturated carbocycles. The van der Waals surface area contributed by atoms with E-state index < -0.39 is 12.1 Å². The molecule has 0 N–H and O–H groups in total. The molecule has 0 fully saturated rings. The van der Waals surface area contributed by atoms with Crippen molar-refractivity contribution < 1.29 is 22.7 Å². The van der Waals surface area contributed by atoms with Crippen LogP contribution in [-0.4, -0.2) is 16.2 Å². The van der Waals surface area contributed by atoms with Crippen LogP contribution in [0.5, 0.6) is 0 Å². The van der Waals surface area contributed by atoms with Gasteiger partial charge in [-0.3, -0.25) is 0 Å². The monoisotopic (exact) mass is 356 g/mol. The first-order valence-corrected chi connectivity index (χ1v) is 7.75. The van der Waals surface area contributed by atoms with Crippen molar-refractivity contribution in [1.29, 1.82) is 0 Å². The van der Waals surface area contributed by atoms with E-state index in [1.54, 1.807) is 6.92 Å². The molecule has 0 amide bonds. The smallest absolute Gasteiger partial charge is 0.331 e. The Hall–Kier alpha value is -3.35. The lowest BCUT2D eigenvalue weighted by Crippen LogP contribution is -2.06. The zero-order chi connectivity index (χ0) is 18.5. The maximum absolute atomic E-state index is 12.9. The lowest BCUT2D eigenvalue weighted by Gasteiger charge is -2.06. The minimum atomic E-state index is -0.762. The number of aromatic nitrogens is 2. The number of carbonyl (C=O) groups is 1. The lowest BCUT2D eigenvalue weighted by molar-refractivity contribution is -0.143. The molecule has 0 aliphatic rings. The first kappa shape index (κ1) is 17.5. The van der Waals surface area contributed by atoms with E-state index in [2.05, 4.69) is 10.2 Å². The third-order valence-electron chi connectivity index (χ3n) is 3.45. The summed E-state index contributed by atoms with van der Waals surface area (Å²) < 4.78 is 36.4. The Kier molecular flexibility index (Phi) is 5.17. The molecule has 5 nitrogen and oxygen atoms in total. The van der Waals surface area contributed by atoms with E-state index in [1.165, 1.54) is 60.7 Å². The van der Waals surface area contributed by atoms with E-state index in [-0.39, 0.29) is 23.4 Å². The summed E-state index contributed by atoms with van der Waals surface area (Å²) in [5, 5.41) is 7.70. The number of esters is 1. The Bertz CT molecular complexity index is 919. The molecule has 1 atom stereocenters. The second kappa shape index (κ2) is 7.69. The van der Waals surface area contributed by atoms with E-state index >= 15 is 0 Å². The van der Waals surface area contributed by atoms with Gasteiger partial charge >= 0.3 is 5.97 Å². The summed E-state index contributed by atoms with van der Waals surface area (Å²) in [5.74, 6) is -1.02. The van der Waals surface area contributed by atoms with Crippen LogP contribution in [0.25, 0.3) is 17.5 Å². The van der Waals surface area contributed by atoms with Gasteiger partial charge in [0, 0.05) is 11.6 Å². The van der Waals surface area contributed by atoms with Crippen molar-refractivity contribution in [2.45, 2.75) is 13.0 Å². The molecule has 7 heteroatoms. The highest BCUT2D eigenvalue weighted by molar-refractivity contribution is 5.87. The maximum atomic E-state index is 12.9. The van der Waals surface area contributed by atoms with Crippen LogP contribution >= 0.6 is 0 Å². The zero-order valence-corrected chi connectivity index (χ0v) is 13.7. The van der Waals surface area contributed by atoms with Crippen LogP contribution in [0.4, 0.5) is 8.78 Å². The van der Waals surface area contributed by atoms with E-state index in [4.69, 9.17) is 9.15 Å². The average molecular weight is 356 g/mol. The third kappa shape index (κ3) is 4.38. The van der Waals surface area contributed by atoms with Gasteiger partial charge in [-0.05, 0) is 55.0 Å². The molecular weight excluding hydrogens is 342 g/mol. The number of benzene rings is 2. The number of carbonyl (C=O) groups excluding carboxylic acids is 1. The molecule has 0 radical (unpaired) electrons. The van der Waals surface area contributed by atoms with Gasteiger partial charge in [0.15, 0.2) is 6.10 Å². The molecule has 0 aliphatic heterocycles. The van der Waals surface area contributed by atoms with Crippen molar-refractivity contribution in [2.24, 2.45) is 0 Å². The number of hydrogen-bond donors (Lipinski definition) is 0. The number of hydrogen-bond acceptors (Lipinski definition) is 5. The van der Waals surface area contributed by atoms with E-state index in [0.717, 1.165) is 0 Å². The van der Waals surface area contributed by atoms with Crippen LogP contribution in [0, 0.1) is 11.6 Å². The number of nitrogens with zero attached hydrogens (tertiary/aromatic N) is 2. The fourth-order valence-corrected chi connectivity index (χ4v) is 2.11. The third-order valence-corrected chi connectivity index (χ3v) is 3.45. The quantitative estimate of drug-likeness (QED) is 0.503. The van der Waals surface area contributed by atoms with Gasteiger partial charge in [-0.2, -0.15) is 0 Å². The Labute approximate surface area is 147 Å². The molecular formula is C19H14F2N2O3. The fourth-order valence-electron chi connectivity index (χ4n) is 2.11. The topological polar surface area (TPSA) is 65.2 Å². The largest absolute Gasteiger partial charge is 0.449 e. The Balaban J connectivity index is 1.62. The molecule has 0 spiro atoms. The second-order valence-corrected chi connectivity index (χ2v) is 5.42. The molecule has 1 heterocycles. The first-order valence-electron chi connectivity index (χ1n) is 7.75. The standard InChI is InChI=1S/C19H14F2N2O3/c1-12(25-17(24)11-4-13-2-7-15(20)8-3-13)18-22-23-19(26-18)14-5-9-16(21)10-6-14/h2-12H,1H3/b11-4+/t12-/m0/s1. The van der Waals surface area contributed by atoms with Crippen LogP contribution in [0.2, 0.25) is 0 Å². The molecule has 3 rings (SSSR count). The van der Waals surface area contributed by atoms with Crippen LogP contribution in [0.3, 0.4) is 0 Å². The molecule has 0 aliphatic carbocycles. The molecule has 0 unspecified atom stereocenters. The van der Waals surface area contributed by atoms with Gasteiger partial charge in [0.1, 0.15) is 11.6 Å². The molecule has 132 valence electrons. The summed E-state index contributed by atoms with van der Waals surface area (Å²) in [4.78, 5) is 11.9. The van der Waals surface area contributed by atoms with Crippen molar-refractivity contribution in [1.82, 2.24) is 10.2 Å². The fraction of sp³-hybridized carbons (Fsp3) is 0.105. The van der Waals surface area contributed by atoms with Crippen LogP contribution in [-0.2, 0) is 9.53 Å². The van der Waals surface area contributed by atoms with Crippen LogP contribution in [0.1, 0.15) is 24.5 Å². The molecule has 3 aromatic rings. The summed E-state index contributed by atoms with van der Waals surface area (Å²) in [6, 6.07) is 11.2. The van der Waals surface area contributed by atoms with Crippen molar-refractivity contribution in [3.8, 4) is 11.5 Å². The zero-order valence-electron chi connectivity index (χ0n) is 13.7. The van der Waals surface area contributed by atoms with Crippen molar-refractivity contribution >= 4 is 12.0 Å². The minimum Gasteiger partial charge on any atom is -0.449 e. The van der Waals surface area contributed by atoms with Gasteiger partial charge in [-0.15, -0.1) is 10.2 Å². The summed E-state index contributed by atoms with van der Waals surface area (Å²) in [7, 11) is 0. The number of halogens is 2. The van der Waals surface area contributed by atoms with Crippen LogP contribution < -0.4 is 0 Å². The predicted molar refractivity (Wildman–Crippen MR) is 89.6 cm³/mol. The SMILES string of the molecule is C[C@H](OC(=O)/C=C/c1ccc(F)cc1)c1nnc(-c2ccc(F)cc2)o1. The predicted octanol–water partition coefficient (Wildman–Crippen LogP) is 4.33. The highest BCUT2D eigenvalue weighted by atomic mass is 19.1. The van der Waals surface area contributed by atoms with Crippen LogP contribution in [0.15, 0.2) is 59.0 Å². The summed E-state index contributed by atoms with van der Waals surface area (Å²) in [6.45, 7) is 1.59. The molecule has 2 aromatic carbocycles. The van der Waals surface area contributed by atoms with E-state index in [9.17, 15) is 13.6 Å². The first-order chi connectivity index (χ1) is 12.5. The number of ether oxygens (including phenoxy) is 1. The Morgan fingerprint density at radius 1 is 1.04 bits per heavy atom. The van der Waals surface area contributed by atoms with Crippen molar-refractivity contribution in [2.75, 3.05) is 0 Å². The minimum absolute atomic E-state index is 0.118. The van der Waals surface area contributed by atoms with Gasteiger partial charge in [0.2, 0.25) is 5.89 Å². The highest BCUT2D eigenvalue weighted by Gasteiger charge is 2.18. The van der Waals surface area contributed by atoms with Gasteiger partial charge in [0.25, 0.3) is 5.89 Å².